The maximum atomic E-state index is 12.0. The quantitative estimate of drug-likeness (QED) is 0.644. The van der Waals surface area contributed by atoms with Crippen molar-refractivity contribution >= 4 is 11.9 Å². The molecule has 114 valence electrons. The third kappa shape index (κ3) is 4.59. The highest BCUT2D eigenvalue weighted by Crippen LogP contribution is 2.26. The molecule has 2 rings (SSSR count). The van der Waals surface area contributed by atoms with E-state index >= 15 is 0 Å². The average molecular weight is 290 g/mol. The Bertz CT molecular complexity index is 463. The summed E-state index contributed by atoms with van der Waals surface area (Å²) in [5.41, 5.74) is 0.465. The van der Waals surface area contributed by atoms with E-state index in [1.807, 2.05) is 0 Å². The van der Waals surface area contributed by atoms with Crippen LogP contribution in [0.4, 0.5) is 0 Å². The van der Waals surface area contributed by atoms with Gasteiger partial charge in [0, 0.05) is 0 Å². The number of ether oxygens (including phenoxy) is 1. The number of hydrogen-bond donors (Lipinski definition) is 1. The molecule has 0 spiro atoms. The van der Waals surface area contributed by atoms with Gasteiger partial charge in [-0.25, -0.2) is 0 Å². The van der Waals surface area contributed by atoms with Crippen LogP contribution >= 0.6 is 0 Å². The average Bonchev–Trinajstić information content (AvgIpc) is 2.49. The zero-order chi connectivity index (χ0) is 15.1. The predicted octanol–water partition coefficient (Wildman–Crippen LogP) is 3.37. The van der Waals surface area contributed by atoms with Gasteiger partial charge in [0.15, 0.2) is 5.92 Å². The summed E-state index contributed by atoms with van der Waals surface area (Å²) in [6.07, 6.45) is 7.02. The van der Waals surface area contributed by atoms with Crippen LogP contribution in [-0.4, -0.2) is 23.7 Å². The molecule has 0 aliphatic heterocycles. The van der Waals surface area contributed by atoms with E-state index in [1.54, 1.807) is 30.3 Å². The van der Waals surface area contributed by atoms with Crippen LogP contribution in [0.1, 0.15) is 50.0 Å². The summed E-state index contributed by atoms with van der Waals surface area (Å²) >= 11 is 0. The molecule has 4 nitrogen and oxygen atoms in total. The van der Waals surface area contributed by atoms with Crippen molar-refractivity contribution in [3.05, 3.63) is 35.9 Å². The Morgan fingerprint density at radius 3 is 2.43 bits per heavy atom. The minimum absolute atomic E-state index is 0.320. The molecule has 21 heavy (non-hydrogen) atoms. The molecule has 1 atom stereocenters. The highest BCUT2D eigenvalue weighted by Gasteiger charge is 2.29. The van der Waals surface area contributed by atoms with Crippen LogP contribution in [0.3, 0.4) is 0 Å². The van der Waals surface area contributed by atoms with Crippen molar-refractivity contribution in [2.45, 2.75) is 44.4 Å². The molecule has 1 aromatic rings. The first-order valence-electron chi connectivity index (χ1n) is 7.63. The van der Waals surface area contributed by atoms with Crippen LogP contribution in [0.5, 0.6) is 0 Å². The normalized spacial score (nSPS) is 17.1. The number of benzene rings is 1. The Hall–Kier alpha value is -1.84. The summed E-state index contributed by atoms with van der Waals surface area (Å²) in [5.74, 6) is -2.43. The van der Waals surface area contributed by atoms with Gasteiger partial charge < -0.3 is 9.84 Å². The van der Waals surface area contributed by atoms with E-state index in [2.05, 4.69) is 0 Å². The summed E-state index contributed by atoms with van der Waals surface area (Å²) in [5, 5.41) is 9.24. The molecular formula is C17H22O4. The van der Waals surface area contributed by atoms with Crippen LogP contribution in [0.15, 0.2) is 30.3 Å². The van der Waals surface area contributed by atoms with Crippen LogP contribution in [0, 0.1) is 5.92 Å². The fraction of sp³-hybridized carbons (Fsp3) is 0.529. The van der Waals surface area contributed by atoms with Crippen molar-refractivity contribution in [2.24, 2.45) is 5.92 Å². The van der Waals surface area contributed by atoms with E-state index in [-0.39, 0.29) is 0 Å². The molecule has 0 bridgehead atoms. The van der Waals surface area contributed by atoms with Crippen molar-refractivity contribution in [3.63, 3.8) is 0 Å². The van der Waals surface area contributed by atoms with Crippen molar-refractivity contribution in [3.8, 4) is 0 Å². The summed E-state index contributed by atoms with van der Waals surface area (Å²) in [7, 11) is 0. The molecule has 1 aliphatic rings. The third-order valence-electron chi connectivity index (χ3n) is 4.11. The Morgan fingerprint density at radius 2 is 1.81 bits per heavy atom. The lowest BCUT2D eigenvalue weighted by atomic mass is 9.87. The first kappa shape index (κ1) is 15.5. The molecule has 1 aliphatic carbocycles. The lowest BCUT2D eigenvalue weighted by Gasteiger charge is -2.21. The zero-order valence-electron chi connectivity index (χ0n) is 12.2. The minimum Gasteiger partial charge on any atom is -0.480 e. The van der Waals surface area contributed by atoms with Crippen LogP contribution < -0.4 is 0 Å². The third-order valence-corrected chi connectivity index (χ3v) is 4.11. The molecular weight excluding hydrogens is 268 g/mol. The second-order valence-corrected chi connectivity index (χ2v) is 5.64. The monoisotopic (exact) mass is 290 g/mol. The van der Waals surface area contributed by atoms with E-state index in [0.29, 0.717) is 18.1 Å². The van der Waals surface area contributed by atoms with Crippen molar-refractivity contribution in [1.29, 1.82) is 0 Å². The predicted molar refractivity (Wildman–Crippen MR) is 79.0 cm³/mol. The molecule has 1 unspecified atom stereocenters. The van der Waals surface area contributed by atoms with Gasteiger partial charge in [0.2, 0.25) is 0 Å². The molecule has 0 aromatic heterocycles. The number of carbonyl (C=O) groups excluding carboxylic acids is 1. The second-order valence-electron chi connectivity index (χ2n) is 5.64. The van der Waals surface area contributed by atoms with Crippen molar-refractivity contribution in [1.82, 2.24) is 0 Å². The summed E-state index contributed by atoms with van der Waals surface area (Å²) < 4.78 is 5.20. The summed E-state index contributed by atoms with van der Waals surface area (Å²) in [4.78, 5) is 23.3. The van der Waals surface area contributed by atoms with Gasteiger partial charge in [0.1, 0.15) is 0 Å². The molecule has 0 radical (unpaired) electrons. The standard InChI is InChI=1S/C17H22O4/c18-16(19)15(14-9-5-2-6-10-14)17(20)21-12-11-13-7-3-1-4-8-13/h2,5-6,9-10,13,15H,1,3-4,7-8,11-12H2,(H,18,19). The van der Waals surface area contributed by atoms with Gasteiger partial charge in [0.25, 0.3) is 0 Å². The largest absolute Gasteiger partial charge is 0.480 e. The Balaban J connectivity index is 1.86. The number of carboxylic acid groups (broad SMARTS) is 1. The molecule has 1 N–H and O–H groups in total. The van der Waals surface area contributed by atoms with Crippen LogP contribution in [-0.2, 0) is 14.3 Å². The maximum Gasteiger partial charge on any atom is 0.324 e. The van der Waals surface area contributed by atoms with Crippen molar-refractivity contribution < 1.29 is 19.4 Å². The molecule has 1 saturated carbocycles. The van der Waals surface area contributed by atoms with E-state index in [0.717, 1.165) is 6.42 Å². The first-order chi connectivity index (χ1) is 10.2. The Kier molecular flexibility index (Phi) is 5.78. The number of carboxylic acids is 1. The summed E-state index contributed by atoms with van der Waals surface area (Å²) in [6, 6.07) is 8.51. The molecule has 0 heterocycles. The van der Waals surface area contributed by atoms with Gasteiger partial charge in [0.05, 0.1) is 6.61 Å². The fourth-order valence-electron chi connectivity index (χ4n) is 2.91. The minimum atomic E-state index is -1.22. The van der Waals surface area contributed by atoms with Gasteiger partial charge in [-0.1, -0.05) is 62.4 Å². The van der Waals surface area contributed by atoms with Gasteiger partial charge >= 0.3 is 11.9 Å². The number of carbonyl (C=O) groups is 2. The molecule has 0 saturated heterocycles. The van der Waals surface area contributed by atoms with Gasteiger partial charge in [-0.05, 0) is 17.9 Å². The number of esters is 1. The van der Waals surface area contributed by atoms with Gasteiger partial charge in [-0.2, -0.15) is 0 Å². The molecule has 4 heteroatoms. The molecule has 0 amide bonds. The highest BCUT2D eigenvalue weighted by atomic mass is 16.5. The maximum absolute atomic E-state index is 12.0. The second kappa shape index (κ2) is 7.81. The highest BCUT2D eigenvalue weighted by molar-refractivity contribution is 5.99. The van der Waals surface area contributed by atoms with Crippen molar-refractivity contribution in [2.75, 3.05) is 6.61 Å². The molecule has 1 fully saturated rings. The van der Waals surface area contributed by atoms with E-state index in [4.69, 9.17) is 4.74 Å². The number of hydrogen-bond acceptors (Lipinski definition) is 3. The SMILES string of the molecule is O=C(O)C(C(=O)OCCC1CCCCC1)c1ccccc1. The molecule has 1 aromatic carbocycles. The van der Waals surface area contributed by atoms with E-state index in [1.165, 1.54) is 32.1 Å². The fourth-order valence-corrected chi connectivity index (χ4v) is 2.91. The smallest absolute Gasteiger partial charge is 0.324 e. The Labute approximate surface area is 125 Å². The van der Waals surface area contributed by atoms with E-state index in [9.17, 15) is 14.7 Å². The van der Waals surface area contributed by atoms with Crippen LogP contribution in [0.25, 0.3) is 0 Å². The van der Waals surface area contributed by atoms with Gasteiger partial charge in [-0.3, -0.25) is 9.59 Å². The van der Waals surface area contributed by atoms with Crippen LogP contribution in [0.2, 0.25) is 0 Å². The van der Waals surface area contributed by atoms with Gasteiger partial charge in [-0.15, -0.1) is 0 Å². The number of rotatable bonds is 6. The Morgan fingerprint density at radius 1 is 1.14 bits per heavy atom. The lowest BCUT2D eigenvalue weighted by Crippen LogP contribution is -2.24. The summed E-state index contributed by atoms with van der Waals surface area (Å²) in [6.45, 7) is 0.320. The zero-order valence-corrected chi connectivity index (χ0v) is 12.2. The van der Waals surface area contributed by atoms with E-state index < -0.39 is 17.9 Å². The lowest BCUT2D eigenvalue weighted by molar-refractivity contribution is -0.154. The first-order valence-corrected chi connectivity index (χ1v) is 7.63. The topological polar surface area (TPSA) is 63.6 Å². The number of aliphatic carboxylic acids is 1.